The molecule has 0 aliphatic heterocycles. The lowest BCUT2D eigenvalue weighted by molar-refractivity contribution is -0.192. The Hall–Kier alpha value is -1.01. The molecule has 0 bridgehead atoms. The molecule has 0 amide bonds. The predicted octanol–water partition coefficient (Wildman–Crippen LogP) is 0.815. The van der Waals surface area contributed by atoms with E-state index in [-0.39, 0.29) is 18.3 Å². The number of Topliss-reactive ketones (excluding diaryl/α,β-unsaturated/α-hetero) is 1. The minimum absolute atomic E-state index is 0.0102. The molecule has 4 N–H and O–H groups in total. The molecule has 4 aliphatic carbocycles. The van der Waals surface area contributed by atoms with E-state index in [0.717, 1.165) is 5.57 Å². The van der Waals surface area contributed by atoms with Gasteiger partial charge in [0.1, 0.15) is 5.60 Å². The highest BCUT2D eigenvalue weighted by Crippen LogP contribution is 2.74. The van der Waals surface area contributed by atoms with E-state index < -0.39 is 46.4 Å². The molecule has 5 heteroatoms. The van der Waals surface area contributed by atoms with E-state index in [1.165, 1.54) is 0 Å². The summed E-state index contributed by atoms with van der Waals surface area (Å²) < 4.78 is 0. The summed E-state index contributed by atoms with van der Waals surface area (Å²) in [5.41, 5.74) is -1.73. The zero-order valence-electron chi connectivity index (χ0n) is 15.2. The van der Waals surface area contributed by atoms with Gasteiger partial charge >= 0.3 is 0 Å². The highest BCUT2D eigenvalue weighted by atomic mass is 16.4. The average Bonchev–Trinajstić information content (AvgIpc) is 2.92. The number of carbonyl (C=O) groups excluding carboxylic acids is 1. The monoisotopic (exact) mass is 348 g/mol. The number of fused-ring (bicyclic) bond motifs is 5. The van der Waals surface area contributed by atoms with Crippen LogP contribution in [0.2, 0.25) is 0 Å². The molecule has 0 radical (unpaired) electrons. The first-order valence-corrected chi connectivity index (χ1v) is 9.18. The predicted molar refractivity (Wildman–Crippen MR) is 91.4 cm³/mol. The van der Waals surface area contributed by atoms with Crippen LogP contribution in [0.15, 0.2) is 23.3 Å². The van der Waals surface area contributed by atoms with Crippen LogP contribution in [0, 0.1) is 35.0 Å². The molecule has 5 nitrogen and oxygen atoms in total. The molecule has 0 aromatic heterocycles. The standard InChI is InChI=1S/C20H28O5/c1-9-5-13-12(15(9)22)6-11(8-21)7-14-16-18(3,4)20(16,25)17(23)10(2)19(13,14)24/h5,7,10,12-14,16-17,21,23-25H,6,8H2,1-4H3/t10?,12-,13?,14?,16-,17-,19+,20-/m1/s1. The summed E-state index contributed by atoms with van der Waals surface area (Å²) >= 11 is 0. The summed E-state index contributed by atoms with van der Waals surface area (Å²) in [5.74, 6) is -2.10. The van der Waals surface area contributed by atoms with Crippen molar-refractivity contribution in [1.29, 1.82) is 0 Å². The number of carbonyl (C=O) groups is 1. The maximum absolute atomic E-state index is 12.6. The Morgan fingerprint density at radius 1 is 1.20 bits per heavy atom. The minimum atomic E-state index is -1.32. The summed E-state index contributed by atoms with van der Waals surface area (Å²) in [6.07, 6.45) is 3.09. The molecule has 3 unspecified atom stereocenters. The Bertz CT molecular complexity index is 707. The van der Waals surface area contributed by atoms with Crippen molar-refractivity contribution in [2.24, 2.45) is 35.0 Å². The number of rotatable bonds is 1. The number of hydrogen-bond acceptors (Lipinski definition) is 5. The second-order valence-corrected chi connectivity index (χ2v) is 9.20. The van der Waals surface area contributed by atoms with E-state index in [0.29, 0.717) is 12.0 Å². The summed E-state index contributed by atoms with van der Waals surface area (Å²) in [5, 5.41) is 43.7. The Balaban J connectivity index is 1.91. The molecule has 4 rings (SSSR count). The van der Waals surface area contributed by atoms with Crippen LogP contribution in [0.25, 0.3) is 0 Å². The third kappa shape index (κ3) is 1.75. The van der Waals surface area contributed by atoms with E-state index in [4.69, 9.17) is 0 Å². The average molecular weight is 348 g/mol. The normalized spacial score (nSPS) is 53.2. The molecular formula is C20H28O5. The highest BCUT2D eigenvalue weighted by molar-refractivity contribution is 5.99. The molecule has 2 saturated carbocycles. The zero-order chi connectivity index (χ0) is 18.5. The molecule has 8 atom stereocenters. The van der Waals surface area contributed by atoms with Crippen molar-refractivity contribution in [2.75, 3.05) is 6.61 Å². The van der Waals surface area contributed by atoms with Crippen molar-refractivity contribution >= 4 is 5.78 Å². The van der Waals surface area contributed by atoms with E-state index in [2.05, 4.69) is 0 Å². The molecular weight excluding hydrogens is 320 g/mol. The number of aliphatic hydroxyl groups excluding tert-OH is 2. The third-order valence-corrected chi connectivity index (χ3v) is 7.97. The number of aliphatic hydroxyl groups is 4. The van der Waals surface area contributed by atoms with Gasteiger partial charge in [-0.05, 0) is 24.5 Å². The van der Waals surface area contributed by atoms with Crippen molar-refractivity contribution in [2.45, 2.75) is 51.4 Å². The Kier molecular flexibility index (Phi) is 3.36. The number of ketones is 1. The van der Waals surface area contributed by atoms with Gasteiger partial charge in [0.15, 0.2) is 5.78 Å². The SMILES string of the molecule is CC1=CC2[C@@H](CC(CO)=CC3[C@@H]4C(C)(C)[C@]4(O)[C@H](O)C(C)[C@@]32O)C1=O. The lowest BCUT2D eigenvalue weighted by atomic mass is 9.60. The Morgan fingerprint density at radius 3 is 2.44 bits per heavy atom. The molecule has 0 spiro atoms. The van der Waals surface area contributed by atoms with Gasteiger partial charge in [0, 0.05) is 35.0 Å². The van der Waals surface area contributed by atoms with Crippen LogP contribution in [0.3, 0.4) is 0 Å². The molecule has 138 valence electrons. The fourth-order valence-corrected chi connectivity index (χ4v) is 6.38. The topological polar surface area (TPSA) is 98.0 Å². The van der Waals surface area contributed by atoms with Gasteiger partial charge in [-0.25, -0.2) is 0 Å². The second-order valence-electron chi connectivity index (χ2n) is 9.20. The van der Waals surface area contributed by atoms with Gasteiger partial charge in [-0.1, -0.05) is 32.9 Å². The lowest BCUT2D eigenvalue weighted by Gasteiger charge is -2.50. The maximum Gasteiger partial charge on any atom is 0.162 e. The van der Waals surface area contributed by atoms with E-state index in [1.807, 2.05) is 26.0 Å². The van der Waals surface area contributed by atoms with Crippen molar-refractivity contribution in [3.05, 3.63) is 23.3 Å². The Morgan fingerprint density at radius 2 is 1.84 bits per heavy atom. The van der Waals surface area contributed by atoms with Crippen LogP contribution < -0.4 is 0 Å². The van der Waals surface area contributed by atoms with Crippen LogP contribution in [0.4, 0.5) is 0 Å². The smallest absolute Gasteiger partial charge is 0.162 e. The van der Waals surface area contributed by atoms with Gasteiger partial charge in [-0.15, -0.1) is 0 Å². The van der Waals surface area contributed by atoms with Crippen molar-refractivity contribution in [3.63, 3.8) is 0 Å². The van der Waals surface area contributed by atoms with E-state index in [1.54, 1.807) is 13.8 Å². The summed E-state index contributed by atoms with van der Waals surface area (Å²) in [4.78, 5) is 12.6. The van der Waals surface area contributed by atoms with Gasteiger partial charge in [-0.2, -0.15) is 0 Å². The largest absolute Gasteiger partial charge is 0.392 e. The minimum Gasteiger partial charge on any atom is -0.392 e. The summed E-state index contributed by atoms with van der Waals surface area (Å²) in [6.45, 7) is 7.19. The second kappa shape index (κ2) is 4.83. The zero-order valence-corrected chi connectivity index (χ0v) is 15.2. The highest BCUT2D eigenvalue weighted by Gasteiger charge is 2.83. The van der Waals surface area contributed by atoms with Crippen molar-refractivity contribution in [1.82, 2.24) is 0 Å². The molecule has 0 aromatic carbocycles. The van der Waals surface area contributed by atoms with Gasteiger partial charge < -0.3 is 20.4 Å². The van der Waals surface area contributed by atoms with Gasteiger partial charge in [0.25, 0.3) is 0 Å². The first-order chi connectivity index (χ1) is 11.5. The van der Waals surface area contributed by atoms with Crippen molar-refractivity contribution < 1.29 is 25.2 Å². The molecule has 25 heavy (non-hydrogen) atoms. The van der Waals surface area contributed by atoms with Gasteiger partial charge in [-0.3, -0.25) is 4.79 Å². The number of allylic oxidation sites excluding steroid dienone is 1. The van der Waals surface area contributed by atoms with Gasteiger partial charge in [0.05, 0.1) is 18.3 Å². The van der Waals surface area contributed by atoms with Crippen molar-refractivity contribution in [3.8, 4) is 0 Å². The van der Waals surface area contributed by atoms with Crippen LogP contribution in [-0.4, -0.2) is 50.1 Å². The first kappa shape index (κ1) is 17.4. The summed E-state index contributed by atoms with van der Waals surface area (Å²) in [6, 6.07) is 0. The fourth-order valence-electron chi connectivity index (χ4n) is 6.38. The van der Waals surface area contributed by atoms with E-state index >= 15 is 0 Å². The fraction of sp³-hybridized carbons (Fsp3) is 0.750. The molecule has 2 fully saturated rings. The number of hydrogen-bond donors (Lipinski definition) is 4. The van der Waals surface area contributed by atoms with Crippen LogP contribution in [0.5, 0.6) is 0 Å². The molecule has 4 aliphatic rings. The van der Waals surface area contributed by atoms with Gasteiger partial charge in [0.2, 0.25) is 0 Å². The third-order valence-electron chi connectivity index (χ3n) is 7.97. The summed E-state index contributed by atoms with van der Waals surface area (Å²) in [7, 11) is 0. The quantitative estimate of drug-likeness (QED) is 0.526. The van der Waals surface area contributed by atoms with Crippen LogP contribution in [0.1, 0.15) is 34.1 Å². The van der Waals surface area contributed by atoms with E-state index in [9.17, 15) is 25.2 Å². The van der Waals surface area contributed by atoms with Crippen LogP contribution >= 0.6 is 0 Å². The Labute approximate surface area is 148 Å². The lowest BCUT2D eigenvalue weighted by Crippen LogP contribution is -2.62. The first-order valence-electron chi connectivity index (χ1n) is 9.18. The molecule has 0 heterocycles. The molecule has 0 saturated heterocycles. The maximum atomic E-state index is 12.6. The van der Waals surface area contributed by atoms with Crippen LogP contribution in [-0.2, 0) is 4.79 Å². The molecule has 0 aromatic rings.